The van der Waals surface area contributed by atoms with Gasteiger partial charge in [-0.25, -0.2) is 18.9 Å². The Hall–Kier alpha value is -3.48. The van der Waals surface area contributed by atoms with Crippen LogP contribution in [0.4, 0.5) is 16.0 Å². The van der Waals surface area contributed by atoms with E-state index < -0.39 is 0 Å². The molecule has 1 aliphatic carbocycles. The third-order valence-electron chi connectivity index (χ3n) is 5.37. The van der Waals surface area contributed by atoms with Gasteiger partial charge in [0.1, 0.15) is 11.5 Å². The smallest absolute Gasteiger partial charge is 0.223 e. The first-order chi connectivity index (χ1) is 14.2. The SMILES string of the molecule is Nc1ccc2c(-c3ccnc(NC4CCCC4)n3)c(-c3ccc(F)cc3)nn2c1. The molecule has 0 amide bonds. The molecule has 5 rings (SSSR count). The van der Waals surface area contributed by atoms with Gasteiger partial charge in [-0.2, -0.15) is 5.10 Å². The van der Waals surface area contributed by atoms with Crippen molar-refractivity contribution in [2.75, 3.05) is 11.1 Å². The molecule has 0 atom stereocenters. The molecule has 7 heteroatoms. The number of nitrogen functional groups attached to an aromatic ring is 1. The molecule has 0 radical (unpaired) electrons. The molecule has 146 valence electrons. The van der Waals surface area contributed by atoms with Crippen molar-refractivity contribution in [3.05, 3.63) is 60.7 Å². The van der Waals surface area contributed by atoms with Gasteiger partial charge in [-0.3, -0.25) is 0 Å². The number of aromatic nitrogens is 4. The minimum Gasteiger partial charge on any atom is -0.397 e. The molecule has 1 saturated carbocycles. The average Bonchev–Trinajstić information content (AvgIpc) is 3.36. The van der Waals surface area contributed by atoms with Crippen LogP contribution in [0.2, 0.25) is 0 Å². The minimum atomic E-state index is -0.284. The molecule has 6 nitrogen and oxygen atoms in total. The van der Waals surface area contributed by atoms with Gasteiger partial charge in [0.15, 0.2) is 0 Å². The van der Waals surface area contributed by atoms with Gasteiger partial charge in [-0.1, -0.05) is 12.8 Å². The lowest BCUT2D eigenvalue weighted by Crippen LogP contribution is -2.16. The van der Waals surface area contributed by atoms with Gasteiger partial charge in [-0.15, -0.1) is 0 Å². The summed E-state index contributed by atoms with van der Waals surface area (Å²) in [4.78, 5) is 9.18. The third-order valence-corrected chi connectivity index (χ3v) is 5.37. The largest absolute Gasteiger partial charge is 0.397 e. The van der Waals surface area contributed by atoms with Gasteiger partial charge in [-0.05, 0) is 55.3 Å². The summed E-state index contributed by atoms with van der Waals surface area (Å²) in [5, 5.41) is 8.16. The van der Waals surface area contributed by atoms with Crippen LogP contribution in [0.5, 0.6) is 0 Å². The molecule has 0 spiro atoms. The fourth-order valence-corrected chi connectivity index (χ4v) is 3.95. The van der Waals surface area contributed by atoms with Crippen LogP contribution in [0.3, 0.4) is 0 Å². The molecule has 3 aromatic heterocycles. The number of anilines is 2. The second-order valence-corrected chi connectivity index (χ2v) is 7.41. The number of nitrogens with zero attached hydrogens (tertiary/aromatic N) is 4. The van der Waals surface area contributed by atoms with Gasteiger partial charge in [0.2, 0.25) is 5.95 Å². The monoisotopic (exact) mass is 388 g/mol. The molecule has 1 aromatic carbocycles. The first-order valence-corrected chi connectivity index (χ1v) is 9.81. The van der Waals surface area contributed by atoms with Crippen molar-refractivity contribution in [1.82, 2.24) is 19.6 Å². The number of fused-ring (bicyclic) bond motifs is 1. The van der Waals surface area contributed by atoms with Gasteiger partial charge in [0.25, 0.3) is 0 Å². The molecule has 4 aromatic rings. The fraction of sp³-hybridized carbons (Fsp3) is 0.227. The topological polar surface area (TPSA) is 81.1 Å². The summed E-state index contributed by atoms with van der Waals surface area (Å²) in [5.41, 5.74) is 10.6. The van der Waals surface area contributed by atoms with E-state index in [1.165, 1.54) is 25.0 Å². The summed E-state index contributed by atoms with van der Waals surface area (Å²) in [6.45, 7) is 0. The zero-order chi connectivity index (χ0) is 19.8. The molecule has 29 heavy (non-hydrogen) atoms. The second-order valence-electron chi connectivity index (χ2n) is 7.41. The summed E-state index contributed by atoms with van der Waals surface area (Å²) in [6, 6.07) is 12.4. The molecule has 3 N–H and O–H groups in total. The Morgan fingerprint density at radius 1 is 1.03 bits per heavy atom. The summed E-state index contributed by atoms with van der Waals surface area (Å²) < 4.78 is 15.2. The van der Waals surface area contributed by atoms with E-state index in [4.69, 9.17) is 15.8 Å². The second kappa shape index (κ2) is 7.16. The van der Waals surface area contributed by atoms with Crippen LogP contribution in [-0.2, 0) is 0 Å². The van der Waals surface area contributed by atoms with Crippen molar-refractivity contribution >= 4 is 17.2 Å². The molecular formula is C22H21FN6. The number of nitrogens with one attached hydrogen (secondary N) is 1. The van der Waals surface area contributed by atoms with Gasteiger partial charge in [0.05, 0.1) is 28.7 Å². The van der Waals surface area contributed by atoms with Crippen molar-refractivity contribution in [3.63, 3.8) is 0 Å². The lowest BCUT2D eigenvalue weighted by Gasteiger charge is -2.12. The number of rotatable bonds is 4. The van der Waals surface area contributed by atoms with Crippen molar-refractivity contribution in [2.45, 2.75) is 31.7 Å². The summed E-state index contributed by atoms with van der Waals surface area (Å²) in [6.07, 6.45) is 8.29. The summed E-state index contributed by atoms with van der Waals surface area (Å²) in [7, 11) is 0. The Bertz CT molecular complexity index is 1160. The molecule has 0 unspecified atom stereocenters. The van der Waals surface area contributed by atoms with Crippen LogP contribution in [0.1, 0.15) is 25.7 Å². The lowest BCUT2D eigenvalue weighted by molar-refractivity contribution is 0.628. The third kappa shape index (κ3) is 3.40. The zero-order valence-corrected chi connectivity index (χ0v) is 15.8. The maximum Gasteiger partial charge on any atom is 0.223 e. The molecule has 1 aliphatic rings. The van der Waals surface area contributed by atoms with Crippen LogP contribution >= 0.6 is 0 Å². The molecule has 0 aliphatic heterocycles. The molecule has 3 heterocycles. The van der Waals surface area contributed by atoms with Gasteiger partial charge in [0, 0.05) is 17.8 Å². The summed E-state index contributed by atoms with van der Waals surface area (Å²) in [5.74, 6) is 0.336. The van der Waals surface area contributed by atoms with E-state index in [1.807, 2.05) is 18.2 Å². The number of halogens is 1. The standard InChI is InChI=1S/C22H21FN6/c23-15-7-5-14(6-8-15)21-20(19-10-9-16(24)13-29(19)28-21)18-11-12-25-22(27-18)26-17-3-1-2-4-17/h5-13,17H,1-4,24H2,(H,25,26,27). The number of pyridine rings is 1. The quantitative estimate of drug-likeness (QED) is 0.537. The van der Waals surface area contributed by atoms with Crippen molar-refractivity contribution in [3.8, 4) is 22.5 Å². The summed E-state index contributed by atoms with van der Waals surface area (Å²) >= 11 is 0. The highest BCUT2D eigenvalue weighted by atomic mass is 19.1. The maximum atomic E-state index is 13.5. The Kier molecular flexibility index (Phi) is 4.35. The van der Waals surface area contributed by atoms with Crippen LogP contribution in [0.25, 0.3) is 28.0 Å². The highest BCUT2D eigenvalue weighted by Crippen LogP contribution is 2.35. The predicted molar refractivity (Wildman–Crippen MR) is 112 cm³/mol. The number of hydrogen-bond acceptors (Lipinski definition) is 5. The van der Waals surface area contributed by atoms with Gasteiger partial charge < -0.3 is 11.1 Å². The van der Waals surface area contributed by atoms with E-state index >= 15 is 0 Å². The van der Waals surface area contributed by atoms with E-state index in [9.17, 15) is 4.39 Å². The Morgan fingerprint density at radius 3 is 2.62 bits per heavy atom. The predicted octanol–water partition coefficient (Wildman–Crippen LogP) is 4.53. The van der Waals surface area contributed by atoms with E-state index in [1.54, 1.807) is 29.0 Å². The first kappa shape index (κ1) is 17.6. The van der Waals surface area contributed by atoms with Crippen LogP contribution in [-0.4, -0.2) is 25.6 Å². The van der Waals surface area contributed by atoms with Crippen molar-refractivity contribution in [2.24, 2.45) is 0 Å². The van der Waals surface area contributed by atoms with E-state index in [0.29, 0.717) is 17.7 Å². The molecule has 0 bridgehead atoms. The molecule has 0 saturated heterocycles. The minimum absolute atomic E-state index is 0.284. The van der Waals surface area contributed by atoms with E-state index in [-0.39, 0.29) is 5.82 Å². The molecule has 1 fully saturated rings. The van der Waals surface area contributed by atoms with Gasteiger partial charge >= 0.3 is 0 Å². The Morgan fingerprint density at radius 2 is 1.83 bits per heavy atom. The first-order valence-electron chi connectivity index (χ1n) is 9.81. The number of nitrogens with two attached hydrogens (primary N) is 1. The van der Waals surface area contributed by atoms with Crippen LogP contribution < -0.4 is 11.1 Å². The Balaban J connectivity index is 1.65. The maximum absolute atomic E-state index is 13.5. The lowest BCUT2D eigenvalue weighted by atomic mass is 10.0. The molecular weight excluding hydrogens is 367 g/mol. The van der Waals surface area contributed by atoms with Crippen LogP contribution in [0, 0.1) is 5.82 Å². The number of hydrogen-bond donors (Lipinski definition) is 2. The number of benzene rings is 1. The van der Waals surface area contributed by atoms with Crippen molar-refractivity contribution < 1.29 is 4.39 Å². The van der Waals surface area contributed by atoms with Crippen molar-refractivity contribution in [1.29, 1.82) is 0 Å². The highest BCUT2D eigenvalue weighted by molar-refractivity contribution is 5.91. The fourth-order valence-electron chi connectivity index (χ4n) is 3.95. The zero-order valence-electron chi connectivity index (χ0n) is 15.8. The van der Waals surface area contributed by atoms with Crippen LogP contribution in [0.15, 0.2) is 54.9 Å². The normalized spacial score (nSPS) is 14.5. The highest BCUT2D eigenvalue weighted by Gasteiger charge is 2.20. The Labute approximate surface area is 167 Å². The van der Waals surface area contributed by atoms with E-state index in [0.717, 1.165) is 40.9 Å². The van der Waals surface area contributed by atoms with E-state index in [2.05, 4.69) is 10.3 Å². The average molecular weight is 388 g/mol.